The van der Waals surface area contributed by atoms with E-state index in [1.807, 2.05) is 37.3 Å². The van der Waals surface area contributed by atoms with Crippen LogP contribution in [0.3, 0.4) is 0 Å². The van der Waals surface area contributed by atoms with E-state index in [9.17, 15) is 13.2 Å². The molecule has 8 nitrogen and oxygen atoms in total. The second-order valence-corrected chi connectivity index (χ2v) is 11.2. The lowest BCUT2D eigenvalue weighted by atomic mass is 10.2. The number of rotatable bonds is 7. The Balaban J connectivity index is 1.23. The van der Waals surface area contributed by atoms with E-state index in [1.54, 1.807) is 12.1 Å². The third-order valence-electron chi connectivity index (χ3n) is 5.87. The fourth-order valence-corrected chi connectivity index (χ4v) is 6.25. The highest BCUT2D eigenvalue weighted by atomic mass is 32.2. The Bertz CT molecular complexity index is 1400. The minimum atomic E-state index is -3.55. The van der Waals surface area contributed by atoms with Gasteiger partial charge in [-0.1, -0.05) is 36.4 Å². The van der Waals surface area contributed by atoms with Crippen LogP contribution in [0.1, 0.15) is 38.0 Å². The van der Waals surface area contributed by atoms with Crippen LogP contribution in [0.2, 0.25) is 0 Å². The van der Waals surface area contributed by atoms with E-state index in [0.717, 1.165) is 42.0 Å². The van der Waals surface area contributed by atoms with E-state index < -0.39 is 10.0 Å². The van der Waals surface area contributed by atoms with Crippen LogP contribution < -0.4 is 5.32 Å². The molecule has 1 fully saturated rings. The van der Waals surface area contributed by atoms with E-state index >= 15 is 0 Å². The molecule has 178 valence electrons. The molecular formula is C24H25N3O5S2. The number of aromatic nitrogens is 1. The number of thioether (sulfide) groups is 1. The van der Waals surface area contributed by atoms with E-state index in [1.165, 1.54) is 10.4 Å². The fourth-order valence-electron chi connectivity index (χ4n) is 4.06. The van der Waals surface area contributed by atoms with Crippen molar-refractivity contribution in [2.75, 3.05) is 18.8 Å². The molecule has 4 aromatic rings. The van der Waals surface area contributed by atoms with Crippen molar-refractivity contribution >= 4 is 49.8 Å². The number of hydrogen-bond acceptors (Lipinski definition) is 7. The number of furan rings is 1. The molecule has 2 aromatic carbocycles. The molecule has 1 aliphatic rings. The number of nitrogens with zero attached hydrogens (tertiary/aromatic N) is 2. The summed E-state index contributed by atoms with van der Waals surface area (Å²) in [6, 6.07) is 14.0. The highest BCUT2D eigenvalue weighted by Crippen LogP contribution is 2.28. The van der Waals surface area contributed by atoms with Crippen molar-refractivity contribution in [2.45, 2.75) is 42.3 Å². The van der Waals surface area contributed by atoms with Gasteiger partial charge in [0.05, 0.1) is 16.7 Å². The molecule has 34 heavy (non-hydrogen) atoms. The van der Waals surface area contributed by atoms with Crippen molar-refractivity contribution in [3.05, 3.63) is 54.3 Å². The predicted molar refractivity (Wildman–Crippen MR) is 130 cm³/mol. The Kier molecular flexibility index (Phi) is 6.37. The Hall–Kier alpha value is -2.82. The Morgan fingerprint density at radius 3 is 2.68 bits per heavy atom. The number of carbonyl (C=O) groups excluding carboxylic acids is 1. The molecule has 0 bridgehead atoms. The molecule has 1 saturated heterocycles. The summed E-state index contributed by atoms with van der Waals surface area (Å²) in [6.07, 6.45) is 2.81. The van der Waals surface area contributed by atoms with Gasteiger partial charge in [0.1, 0.15) is 16.9 Å². The monoisotopic (exact) mass is 499 g/mol. The molecule has 1 amide bonds. The van der Waals surface area contributed by atoms with E-state index in [0.29, 0.717) is 35.2 Å². The molecule has 0 radical (unpaired) electrons. The molecule has 1 N–H and O–H groups in total. The third-order valence-corrected chi connectivity index (χ3v) is 8.59. The van der Waals surface area contributed by atoms with Crippen LogP contribution in [0, 0.1) is 0 Å². The number of oxazole rings is 1. The molecule has 0 spiro atoms. The first-order chi connectivity index (χ1) is 16.4. The number of fused-ring (bicyclic) bond motifs is 2. The van der Waals surface area contributed by atoms with Crippen molar-refractivity contribution in [2.24, 2.45) is 0 Å². The van der Waals surface area contributed by atoms with Crippen LogP contribution in [0.15, 0.2) is 67.5 Å². The normalized spacial score (nSPS) is 16.1. The lowest BCUT2D eigenvalue weighted by molar-refractivity contribution is -0.119. The quantitative estimate of drug-likeness (QED) is 0.367. The van der Waals surface area contributed by atoms with Crippen molar-refractivity contribution in [1.82, 2.24) is 14.6 Å². The van der Waals surface area contributed by atoms with E-state index in [4.69, 9.17) is 8.83 Å². The first-order valence-corrected chi connectivity index (χ1v) is 13.6. The summed E-state index contributed by atoms with van der Waals surface area (Å²) in [5.41, 5.74) is 1.72. The molecule has 1 unspecified atom stereocenters. The highest BCUT2D eigenvalue weighted by Gasteiger charge is 2.26. The highest BCUT2D eigenvalue weighted by molar-refractivity contribution is 7.99. The molecule has 1 atom stereocenters. The number of piperidine rings is 1. The average Bonchev–Trinajstić information content (AvgIpc) is 3.46. The van der Waals surface area contributed by atoms with Gasteiger partial charge in [-0.3, -0.25) is 4.79 Å². The second-order valence-electron chi connectivity index (χ2n) is 8.34. The molecule has 0 aliphatic carbocycles. The molecule has 2 aromatic heterocycles. The number of para-hydroxylation sites is 1. The summed E-state index contributed by atoms with van der Waals surface area (Å²) in [5, 5.41) is 4.22. The summed E-state index contributed by atoms with van der Waals surface area (Å²) in [5.74, 6) is 0.605. The SMILES string of the molecule is CC(NC(=O)CSc1nc2cc(S(=O)(=O)N3CCCCC3)ccc2o1)c1cc2ccccc2o1. The summed E-state index contributed by atoms with van der Waals surface area (Å²) in [6.45, 7) is 2.95. The number of sulfonamides is 1. The van der Waals surface area contributed by atoms with Crippen molar-refractivity contribution < 1.29 is 22.0 Å². The van der Waals surface area contributed by atoms with Crippen LogP contribution in [-0.4, -0.2) is 42.5 Å². The first kappa shape index (κ1) is 22.9. The Morgan fingerprint density at radius 1 is 1.09 bits per heavy atom. The van der Waals surface area contributed by atoms with Gasteiger partial charge >= 0.3 is 0 Å². The predicted octanol–water partition coefficient (Wildman–Crippen LogP) is 4.72. The topological polar surface area (TPSA) is 106 Å². The van der Waals surface area contributed by atoms with Crippen LogP contribution >= 0.6 is 11.8 Å². The van der Waals surface area contributed by atoms with Crippen LogP contribution in [-0.2, 0) is 14.8 Å². The van der Waals surface area contributed by atoms with Crippen molar-refractivity contribution in [1.29, 1.82) is 0 Å². The lowest BCUT2D eigenvalue weighted by Gasteiger charge is -2.25. The van der Waals surface area contributed by atoms with Gasteiger partial charge in [-0.05, 0) is 50.1 Å². The average molecular weight is 500 g/mol. The number of benzene rings is 2. The maximum Gasteiger partial charge on any atom is 0.257 e. The van der Waals surface area contributed by atoms with Crippen LogP contribution in [0.25, 0.3) is 22.1 Å². The van der Waals surface area contributed by atoms with Crippen molar-refractivity contribution in [3.63, 3.8) is 0 Å². The number of hydrogen-bond donors (Lipinski definition) is 1. The largest absolute Gasteiger partial charge is 0.459 e. The van der Waals surface area contributed by atoms with Gasteiger partial charge in [-0.15, -0.1) is 0 Å². The zero-order valence-electron chi connectivity index (χ0n) is 18.7. The Labute approximate surface area is 201 Å². The van der Waals surface area contributed by atoms with E-state index in [2.05, 4.69) is 10.3 Å². The molecular weight excluding hydrogens is 474 g/mol. The van der Waals surface area contributed by atoms with Gasteiger partial charge in [0.2, 0.25) is 15.9 Å². The van der Waals surface area contributed by atoms with E-state index in [-0.39, 0.29) is 22.6 Å². The zero-order valence-corrected chi connectivity index (χ0v) is 20.3. The molecule has 5 rings (SSSR count). The van der Waals surface area contributed by atoms with Gasteiger partial charge in [0, 0.05) is 18.5 Å². The summed E-state index contributed by atoms with van der Waals surface area (Å²) in [4.78, 5) is 17.1. The Morgan fingerprint density at radius 2 is 1.88 bits per heavy atom. The summed E-state index contributed by atoms with van der Waals surface area (Å²) >= 11 is 1.16. The first-order valence-electron chi connectivity index (χ1n) is 11.2. The maximum absolute atomic E-state index is 12.9. The molecule has 1 aliphatic heterocycles. The summed E-state index contributed by atoms with van der Waals surface area (Å²) in [7, 11) is -3.55. The minimum absolute atomic E-state index is 0.107. The molecule has 0 saturated carbocycles. The second kappa shape index (κ2) is 9.44. The smallest absolute Gasteiger partial charge is 0.257 e. The molecule has 3 heterocycles. The van der Waals surface area contributed by atoms with Crippen molar-refractivity contribution in [3.8, 4) is 0 Å². The molecule has 10 heteroatoms. The van der Waals surface area contributed by atoms with Gasteiger partial charge in [-0.2, -0.15) is 4.31 Å². The van der Waals surface area contributed by atoms with Gasteiger partial charge in [0.15, 0.2) is 5.58 Å². The summed E-state index contributed by atoms with van der Waals surface area (Å²) < 4.78 is 38.9. The van der Waals surface area contributed by atoms with Gasteiger partial charge < -0.3 is 14.2 Å². The number of amides is 1. The maximum atomic E-state index is 12.9. The van der Waals surface area contributed by atoms with Gasteiger partial charge in [-0.25, -0.2) is 13.4 Å². The van der Waals surface area contributed by atoms with Crippen LogP contribution in [0.5, 0.6) is 0 Å². The minimum Gasteiger partial charge on any atom is -0.459 e. The van der Waals surface area contributed by atoms with Gasteiger partial charge in [0.25, 0.3) is 5.22 Å². The fraction of sp³-hybridized carbons (Fsp3) is 0.333. The third kappa shape index (κ3) is 4.70. The van der Waals surface area contributed by atoms with Crippen LogP contribution in [0.4, 0.5) is 0 Å². The standard InChI is InChI=1S/C24H25N3O5S2/c1-16(22-13-17-7-3-4-8-20(17)31-22)25-23(28)15-33-24-26-19-14-18(9-10-21(19)32-24)34(29,30)27-11-5-2-6-12-27/h3-4,7-10,13-14,16H,2,5-6,11-12,15H2,1H3,(H,25,28). The lowest BCUT2D eigenvalue weighted by Crippen LogP contribution is -2.35. The zero-order chi connectivity index (χ0) is 23.7. The number of carbonyl (C=O) groups is 1. The number of nitrogens with one attached hydrogen (secondary N) is 1.